The number of rotatable bonds is 4. The van der Waals surface area contributed by atoms with Crippen LogP contribution in [0.5, 0.6) is 0 Å². The van der Waals surface area contributed by atoms with Crippen LogP contribution in [0.25, 0.3) is 131 Å². The maximum atomic E-state index is 6.24. The van der Waals surface area contributed by atoms with Crippen LogP contribution in [0, 0.1) is 0 Å². The summed E-state index contributed by atoms with van der Waals surface area (Å²) in [6.45, 7) is 0. The molecule has 0 aliphatic heterocycles. The van der Waals surface area contributed by atoms with E-state index in [1.807, 2.05) is 24.3 Å². The Bertz CT molecular complexity index is 3640. The molecule has 0 saturated carbocycles. The second kappa shape index (κ2) is 12.8. The second-order valence-corrected chi connectivity index (χ2v) is 16.0. The zero-order valence-electron chi connectivity index (χ0n) is 32.4. The minimum absolute atomic E-state index is 0.901. The normalized spacial score (nSPS) is 12.0. The Morgan fingerprint density at radius 3 is 1.02 bits per heavy atom. The van der Waals surface area contributed by atoms with Gasteiger partial charge in [-0.2, -0.15) is 0 Å². The number of benzene rings is 11. The minimum atomic E-state index is 0.901. The fourth-order valence-electron chi connectivity index (χ4n) is 9.71. The summed E-state index contributed by atoms with van der Waals surface area (Å²) in [7, 11) is 0. The summed E-state index contributed by atoms with van der Waals surface area (Å²) < 4.78 is 12.5. The van der Waals surface area contributed by atoms with Crippen LogP contribution in [0.4, 0.5) is 0 Å². The van der Waals surface area contributed by atoms with Gasteiger partial charge in [0, 0.05) is 21.5 Å². The molecule has 0 spiro atoms. The Kier molecular flexibility index (Phi) is 7.05. The number of hydrogen-bond donors (Lipinski definition) is 0. The highest BCUT2D eigenvalue weighted by atomic mass is 16.3. The molecule has 11 aromatic carbocycles. The number of para-hydroxylation sites is 2. The van der Waals surface area contributed by atoms with E-state index in [0.29, 0.717) is 0 Å². The van der Waals surface area contributed by atoms with Gasteiger partial charge in [-0.25, -0.2) is 0 Å². The van der Waals surface area contributed by atoms with Crippen molar-refractivity contribution in [1.82, 2.24) is 0 Å². The molecule has 0 bridgehead atoms. The molecule has 0 fully saturated rings. The first-order valence-electron chi connectivity index (χ1n) is 20.6. The topological polar surface area (TPSA) is 26.3 Å². The van der Waals surface area contributed by atoms with Crippen LogP contribution in [0.2, 0.25) is 0 Å². The first-order chi connectivity index (χ1) is 29.7. The highest BCUT2D eigenvalue weighted by Crippen LogP contribution is 2.47. The second-order valence-electron chi connectivity index (χ2n) is 16.0. The lowest BCUT2D eigenvalue weighted by atomic mass is 9.83. The van der Waals surface area contributed by atoms with Crippen molar-refractivity contribution in [3.8, 4) is 44.5 Å². The predicted molar refractivity (Wildman–Crippen MR) is 253 cm³/mol. The summed E-state index contributed by atoms with van der Waals surface area (Å²) in [5.41, 5.74) is 13.1. The first-order valence-corrected chi connectivity index (χ1v) is 20.6. The van der Waals surface area contributed by atoms with Crippen molar-refractivity contribution in [2.75, 3.05) is 0 Å². The highest BCUT2D eigenvalue weighted by molar-refractivity contribution is 6.23. The molecule has 0 atom stereocenters. The lowest BCUT2D eigenvalue weighted by Crippen LogP contribution is -1.93. The average molecular weight is 763 g/mol. The van der Waals surface area contributed by atoms with Gasteiger partial charge in [0.1, 0.15) is 22.3 Å². The molecule has 60 heavy (non-hydrogen) atoms. The van der Waals surface area contributed by atoms with Crippen molar-refractivity contribution in [2.45, 2.75) is 0 Å². The molecule has 0 radical (unpaired) electrons. The maximum Gasteiger partial charge on any atom is 0.135 e. The van der Waals surface area contributed by atoms with Gasteiger partial charge in [-0.05, 0) is 148 Å². The molecule has 2 heterocycles. The molecule has 13 aromatic rings. The van der Waals surface area contributed by atoms with Gasteiger partial charge in [0.15, 0.2) is 0 Å². The van der Waals surface area contributed by atoms with E-state index < -0.39 is 0 Å². The van der Waals surface area contributed by atoms with E-state index in [1.165, 1.54) is 65.3 Å². The summed E-state index contributed by atoms with van der Waals surface area (Å²) >= 11 is 0. The molecule has 278 valence electrons. The summed E-state index contributed by atoms with van der Waals surface area (Å²) in [5, 5.41) is 14.3. The van der Waals surface area contributed by atoms with Crippen molar-refractivity contribution in [3.05, 3.63) is 206 Å². The van der Waals surface area contributed by atoms with Crippen molar-refractivity contribution >= 4 is 87.0 Å². The third kappa shape index (κ3) is 5.08. The fraction of sp³-hybridized carbons (Fsp3) is 0. The minimum Gasteiger partial charge on any atom is -0.456 e. The molecular formula is C58H34O2. The van der Waals surface area contributed by atoms with E-state index in [9.17, 15) is 0 Å². The maximum absolute atomic E-state index is 6.24. The summed E-state index contributed by atoms with van der Waals surface area (Å²) in [6, 6.07) is 75.1. The number of hydrogen-bond acceptors (Lipinski definition) is 2. The van der Waals surface area contributed by atoms with Gasteiger partial charge in [-0.15, -0.1) is 0 Å². The quantitative estimate of drug-likeness (QED) is 0.167. The predicted octanol–water partition coefficient (Wildman–Crippen LogP) is 16.8. The van der Waals surface area contributed by atoms with Gasteiger partial charge in [0.25, 0.3) is 0 Å². The van der Waals surface area contributed by atoms with E-state index in [2.05, 4.69) is 182 Å². The fourth-order valence-corrected chi connectivity index (χ4v) is 9.71. The molecule has 2 heteroatoms. The van der Waals surface area contributed by atoms with Crippen molar-refractivity contribution in [2.24, 2.45) is 0 Å². The molecule has 0 N–H and O–H groups in total. The van der Waals surface area contributed by atoms with Crippen LogP contribution in [0.15, 0.2) is 215 Å². The Labute approximate surface area is 345 Å². The molecule has 2 aromatic heterocycles. The Morgan fingerprint density at radius 2 is 0.550 bits per heavy atom. The van der Waals surface area contributed by atoms with Gasteiger partial charge in [0.2, 0.25) is 0 Å². The van der Waals surface area contributed by atoms with Gasteiger partial charge in [-0.1, -0.05) is 146 Å². The van der Waals surface area contributed by atoms with Crippen LogP contribution < -0.4 is 0 Å². The average Bonchev–Trinajstić information content (AvgIpc) is 3.88. The van der Waals surface area contributed by atoms with E-state index in [1.54, 1.807) is 0 Å². The SMILES string of the molecule is c1ccc2cc(-c3c4ccc(-c5ccc6oc7ccccc7c6c5)cc4c(-c4ccc5ccccc5c4)c4ccc(-c5ccc6oc7ccccc7c6c5)cc34)ccc2c1. The van der Waals surface area contributed by atoms with E-state index in [-0.39, 0.29) is 0 Å². The van der Waals surface area contributed by atoms with E-state index >= 15 is 0 Å². The monoisotopic (exact) mass is 762 g/mol. The summed E-state index contributed by atoms with van der Waals surface area (Å²) in [5.74, 6) is 0. The Hall–Kier alpha value is -7.94. The number of fused-ring (bicyclic) bond motifs is 10. The van der Waals surface area contributed by atoms with Crippen LogP contribution >= 0.6 is 0 Å². The molecule has 2 nitrogen and oxygen atoms in total. The lowest BCUT2D eigenvalue weighted by molar-refractivity contribution is 0.668. The summed E-state index contributed by atoms with van der Waals surface area (Å²) in [6.07, 6.45) is 0. The van der Waals surface area contributed by atoms with Gasteiger partial charge >= 0.3 is 0 Å². The Morgan fingerprint density at radius 1 is 0.200 bits per heavy atom. The third-order valence-electron chi connectivity index (χ3n) is 12.6. The standard InChI is InChI=1S/C58H34O2/c1-3-11-37-29-43(19-17-35(37)9-1)57-47-25-21-40(42-24-28-56-50(32-42)46-14-6-8-16-54(46)60-56)34-52(47)58(44-20-18-36-10-2-4-12-38(36)30-44)48-26-22-39(33-51(48)57)41-23-27-55-49(31-41)45-13-5-7-15-53(45)59-55/h1-34H. The largest absolute Gasteiger partial charge is 0.456 e. The molecular weight excluding hydrogens is 729 g/mol. The first kappa shape index (κ1) is 33.1. The lowest BCUT2D eigenvalue weighted by Gasteiger charge is -2.20. The van der Waals surface area contributed by atoms with Crippen molar-refractivity contribution in [1.29, 1.82) is 0 Å². The molecule has 0 aliphatic rings. The molecule has 0 aliphatic carbocycles. The van der Waals surface area contributed by atoms with Crippen LogP contribution in [0.3, 0.4) is 0 Å². The van der Waals surface area contributed by atoms with E-state index in [0.717, 1.165) is 66.1 Å². The van der Waals surface area contributed by atoms with Crippen LogP contribution in [-0.2, 0) is 0 Å². The zero-order chi connectivity index (χ0) is 39.3. The van der Waals surface area contributed by atoms with Gasteiger partial charge < -0.3 is 8.83 Å². The molecule has 0 amide bonds. The zero-order valence-corrected chi connectivity index (χ0v) is 32.4. The van der Waals surface area contributed by atoms with Crippen LogP contribution in [-0.4, -0.2) is 0 Å². The summed E-state index contributed by atoms with van der Waals surface area (Å²) in [4.78, 5) is 0. The molecule has 0 saturated heterocycles. The van der Waals surface area contributed by atoms with Gasteiger partial charge in [0.05, 0.1) is 0 Å². The van der Waals surface area contributed by atoms with Crippen molar-refractivity contribution in [3.63, 3.8) is 0 Å². The van der Waals surface area contributed by atoms with Crippen LogP contribution in [0.1, 0.15) is 0 Å². The van der Waals surface area contributed by atoms with Crippen molar-refractivity contribution < 1.29 is 8.83 Å². The van der Waals surface area contributed by atoms with E-state index in [4.69, 9.17) is 8.83 Å². The van der Waals surface area contributed by atoms with Gasteiger partial charge in [-0.3, -0.25) is 0 Å². The number of furan rings is 2. The third-order valence-corrected chi connectivity index (χ3v) is 12.6. The molecule has 0 unspecified atom stereocenters. The molecule has 13 rings (SSSR count). The highest BCUT2D eigenvalue weighted by Gasteiger charge is 2.20. The smallest absolute Gasteiger partial charge is 0.135 e. The Balaban J connectivity index is 1.12.